The van der Waals surface area contributed by atoms with E-state index in [9.17, 15) is 17.6 Å². The number of carbonyl (C=O) groups excluding carboxylic acids is 1. The summed E-state index contributed by atoms with van der Waals surface area (Å²) in [6.07, 6.45) is 0. The van der Waals surface area contributed by atoms with Crippen LogP contribution in [0.2, 0.25) is 0 Å². The number of thiophene rings is 1. The monoisotopic (exact) mass is 511 g/mol. The molecule has 1 aliphatic rings. The van der Waals surface area contributed by atoms with Crippen LogP contribution in [0, 0.1) is 12.7 Å². The lowest BCUT2D eigenvalue weighted by molar-refractivity contribution is 0.0632. The van der Waals surface area contributed by atoms with Gasteiger partial charge in [0, 0.05) is 37.6 Å². The zero-order valence-electron chi connectivity index (χ0n) is 19.5. The van der Waals surface area contributed by atoms with E-state index >= 15 is 0 Å². The number of sulfonamides is 1. The van der Waals surface area contributed by atoms with Crippen molar-refractivity contribution >= 4 is 37.5 Å². The van der Waals surface area contributed by atoms with E-state index in [0.717, 1.165) is 21.3 Å². The molecule has 5 rings (SSSR count). The maximum atomic E-state index is 13.8. The molecule has 0 saturated carbocycles. The number of halogens is 1. The maximum Gasteiger partial charge on any atom is 0.270 e. The molecule has 1 amide bonds. The molecule has 9 heteroatoms. The van der Waals surface area contributed by atoms with E-state index in [2.05, 4.69) is 0 Å². The largest absolute Gasteiger partial charge is 0.334 e. The third kappa shape index (κ3) is 4.51. The Bertz CT molecular complexity index is 1490. The van der Waals surface area contributed by atoms with E-state index < -0.39 is 10.0 Å². The lowest BCUT2D eigenvalue weighted by atomic mass is 10.2. The van der Waals surface area contributed by atoms with E-state index in [0.29, 0.717) is 25.3 Å². The van der Waals surface area contributed by atoms with Gasteiger partial charge in [-0.3, -0.25) is 4.79 Å². The van der Waals surface area contributed by atoms with Crippen LogP contribution >= 0.6 is 11.3 Å². The topological polar surface area (TPSA) is 62.6 Å². The summed E-state index contributed by atoms with van der Waals surface area (Å²) in [6.45, 7) is 4.94. The Balaban J connectivity index is 1.39. The molecule has 0 radical (unpaired) electrons. The standard InChI is InChI=1S/C26H26FN3O3S2/c1-18-6-8-23(9-7-18)35(32,33)30-12-11-28(16-19(30)2)25(31)24-15-21-10-13-34-26(21)29(24)17-20-4-3-5-22(27)14-20/h3-10,13-15,19H,11-12,16-17H2,1-2H3/t19-/m0/s1. The second kappa shape index (κ2) is 9.22. The molecule has 0 unspecified atom stereocenters. The van der Waals surface area contributed by atoms with Crippen molar-refractivity contribution in [2.45, 2.75) is 31.3 Å². The summed E-state index contributed by atoms with van der Waals surface area (Å²) in [5, 5.41) is 2.93. The van der Waals surface area contributed by atoms with Gasteiger partial charge in [-0.2, -0.15) is 4.31 Å². The van der Waals surface area contributed by atoms with Gasteiger partial charge in [-0.15, -0.1) is 11.3 Å². The molecule has 1 aliphatic heterocycles. The molecule has 4 aromatic rings. The predicted octanol–water partition coefficient (Wildman–Crippen LogP) is 4.73. The number of amides is 1. The molecule has 2 aromatic carbocycles. The number of carbonyl (C=O) groups is 1. The van der Waals surface area contributed by atoms with Crippen LogP contribution in [0.5, 0.6) is 0 Å². The summed E-state index contributed by atoms with van der Waals surface area (Å²) in [6, 6.07) is 16.7. The predicted molar refractivity (Wildman–Crippen MR) is 136 cm³/mol. The lowest BCUT2D eigenvalue weighted by Crippen LogP contribution is -2.55. The Morgan fingerprint density at radius 1 is 1.09 bits per heavy atom. The minimum Gasteiger partial charge on any atom is -0.334 e. The zero-order valence-corrected chi connectivity index (χ0v) is 21.2. The molecule has 1 atom stereocenters. The Labute approximate surface area is 208 Å². The summed E-state index contributed by atoms with van der Waals surface area (Å²) >= 11 is 1.54. The van der Waals surface area contributed by atoms with E-state index in [1.807, 2.05) is 42.0 Å². The number of aromatic nitrogens is 1. The van der Waals surface area contributed by atoms with Gasteiger partial charge >= 0.3 is 0 Å². The van der Waals surface area contributed by atoms with Gasteiger partial charge in [0.25, 0.3) is 5.91 Å². The number of nitrogens with zero attached hydrogens (tertiary/aromatic N) is 3. The van der Waals surface area contributed by atoms with Crippen molar-refractivity contribution in [1.82, 2.24) is 13.8 Å². The van der Waals surface area contributed by atoms with Crippen molar-refractivity contribution in [3.63, 3.8) is 0 Å². The highest BCUT2D eigenvalue weighted by atomic mass is 32.2. The Morgan fingerprint density at radius 2 is 1.86 bits per heavy atom. The van der Waals surface area contributed by atoms with Gasteiger partial charge in [0.2, 0.25) is 10.0 Å². The van der Waals surface area contributed by atoms with Crippen LogP contribution in [0.15, 0.2) is 70.9 Å². The normalized spacial score (nSPS) is 17.2. The van der Waals surface area contributed by atoms with Crippen LogP contribution < -0.4 is 0 Å². The van der Waals surface area contributed by atoms with Gasteiger partial charge in [0.1, 0.15) is 16.3 Å². The Kier molecular flexibility index (Phi) is 6.25. The fourth-order valence-corrected chi connectivity index (χ4v) is 7.13. The molecule has 1 fully saturated rings. The molecule has 1 saturated heterocycles. The average molecular weight is 512 g/mol. The molecular weight excluding hydrogens is 485 g/mol. The van der Waals surface area contributed by atoms with Gasteiger partial charge in [0.15, 0.2) is 0 Å². The highest BCUT2D eigenvalue weighted by Crippen LogP contribution is 2.29. The third-order valence-corrected chi connectivity index (χ3v) is 9.41. The van der Waals surface area contributed by atoms with Crippen LogP contribution in [0.3, 0.4) is 0 Å². The van der Waals surface area contributed by atoms with E-state index in [-0.39, 0.29) is 29.2 Å². The number of hydrogen-bond donors (Lipinski definition) is 0. The van der Waals surface area contributed by atoms with Gasteiger partial charge in [0.05, 0.1) is 4.90 Å². The molecular formula is C26H26FN3O3S2. The van der Waals surface area contributed by atoms with Crippen LogP contribution in [-0.4, -0.2) is 53.8 Å². The van der Waals surface area contributed by atoms with Crippen molar-refractivity contribution in [2.75, 3.05) is 19.6 Å². The lowest BCUT2D eigenvalue weighted by Gasteiger charge is -2.39. The highest BCUT2D eigenvalue weighted by molar-refractivity contribution is 7.89. The molecule has 6 nitrogen and oxygen atoms in total. The summed E-state index contributed by atoms with van der Waals surface area (Å²) in [4.78, 5) is 16.6. The molecule has 0 aliphatic carbocycles. The van der Waals surface area contributed by atoms with Gasteiger partial charge in [-0.25, -0.2) is 12.8 Å². The fourth-order valence-electron chi connectivity index (χ4n) is 4.62. The van der Waals surface area contributed by atoms with Crippen LogP contribution in [0.1, 0.15) is 28.5 Å². The number of aryl methyl sites for hydroxylation is 1. The second-order valence-electron chi connectivity index (χ2n) is 8.96. The number of piperazine rings is 1. The van der Waals surface area contributed by atoms with E-state index in [1.165, 1.54) is 27.8 Å². The molecule has 2 aromatic heterocycles. The number of fused-ring (bicyclic) bond motifs is 1. The molecule has 0 bridgehead atoms. The molecule has 0 spiro atoms. The van der Waals surface area contributed by atoms with Crippen molar-refractivity contribution in [1.29, 1.82) is 0 Å². The van der Waals surface area contributed by atoms with E-state index in [1.54, 1.807) is 35.2 Å². The number of hydrogen-bond acceptors (Lipinski definition) is 4. The van der Waals surface area contributed by atoms with Crippen molar-refractivity contribution < 1.29 is 17.6 Å². The van der Waals surface area contributed by atoms with Crippen LogP contribution in [0.25, 0.3) is 10.2 Å². The second-order valence-corrected chi connectivity index (χ2v) is 11.7. The summed E-state index contributed by atoms with van der Waals surface area (Å²) in [5.41, 5.74) is 2.29. The van der Waals surface area contributed by atoms with Crippen LogP contribution in [0.4, 0.5) is 4.39 Å². The summed E-state index contributed by atoms with van der Waals surface area (Å²) < 4.78 is 43.6. The SMILES string of the molecule is Cc1ccc(S(=O)(=O)N2CCN(C(=O)c3cc4ccsc4n3Cc3cccc(F)c3)C[C@@H]2C)cc1. The van der Waals surface area contributed by atoms with Crippen molar-refractivity contribution in [2.24, 2.45) is 0 Å². The first kappa shape index (κ1) is 23.7. The molecule has 35 heavy (non-hydrogen) atoms. The van der Waals surface area contributed by atoms with Gasteiger partial charge in [-0.05, 0) is 61.2 Å². The first-order valence-corrected chi connectivity index (χ1v) is 13.7. The average Bonchev–Trinajstić information content (AvgIpc) is 3.41. The number of benzene rings is 2. The Hall–Kier alpha value is -3.01. The highest BCUT2D eigenvalue weighted by Gasteiger charge is 2.36. The molecule has 182 valence electrons. The minimum atomic E-state index is -3.65. The fraction of sp³-hybridized carbons (Fsp3) is 0.269. The summed E-state index contributed by atoms with van der Waals surface area (Å²) in [7, 11) is -3.65. The first-order valence-electron chi connectivity index (χ1n) is 11.4. The minimum absolute atomic E-state index is 0.149. The third-order valence-electron chi connectivity index (χ3n) is 6.43. The number of rotatable bonds is 5. The van der Waals surface area contributed by atoms with Crippen LogP contribution in [-0.2, 0) is 16.6 Å². The maximum absolute atomic E-state index is 13.8. The summed E-state index contributed by atoms with van der Waals surface area (Å²) in [5.74, 6) is -0.464. The molecule has 3 heterocycles. The molecule has 0 N–H and O–H groups in total. The smallest absolute Gasteiger partial charge is 0.270 e. The quantitative estimate of drug-likeness (QED) is 0.389. The van der Waals surface area contributed by atoms with E-state index in [4.69, 9.17) is 0 Å². The first-order chi connectivity index (χ1) is 16.7. The zero-order chi connectivity index (χ0) is 24.7. The van der Waals surface area contributed by atoms with Gasteiger partial charge in [-0.1, -0.05) is 29.8 Å². The Morgan fingerprint density at radius 3 is 2.57 bits per heavy atom. The van der Waals surface area contributed by atoms with Crippen molar-refractivity contribution in [3.8, 4) is 0 Å². The van der Waals surface area contributed by atoms with Crippen molar-refractivity contribution in [3.05, 3.63) is 88.7 Å². The van der Waals surface area contributed by atoms with Gasteiger partial charge < -0.3 is 9.47 Å².